The van der Waals surface area contributed by atoms with Crippen LogP contribution in [0.4, 0.5) is 0 Å². The topological polar surface area (TPSA) is 52.7 Å². The number of hydrogen-bond acceptors (Lipinski definition) is 5. The zero-order chi connectivity index (χ0) is 15.2. The Morgan fingerprint density at radius 1 is 1.25 bits per heavy atom. The molecule has 0 radical (unpaired) electrons. The van der Waals surface area contributed by atoms with Crippen LogP contribution in [0.1, 0.15) is 18.9 Å². The van der Waals surface area contributed by atoms with E-state index in [0.717, 1.165) is 25.1 Å². The highest BCUT2D eigenvalue weighted by Crippen LogP contribution is 2.23. The lowest BCUT2D eigenvalue weighted by atomic mass is 10.3. The first-order valence-electron chi connectivity index (χ1n) is 6.77. The molecular weight excluding hydrogens is 294 g/mol. The standard InChI is InChI=1S/C13H25N3O2S2/c1-5-14-10-12-9-13(19-11-12)20(17,18)16(4)8-6-7-15(2)3/h9,11,14H,5-8,10H2,1-4H3. The van der Waals surface area contributed by atoms with Crippen LogP contribution in [0.2, 0.25) is 0 Å². The molecule has 0 aliphatic carbocycles. The van der Waals surface area contributed by atoms with E-state index in [1.807, 2.05) is 26.4 Å². The summed E-state index contributed by atoms with van der Waals surface area (Å²) in [5, 5.41) is 5.10. The van der Waals surface area contributed by atoms with E-state index in [9.17, 15) is 8.42 Å². The summed E-state index contributed by atoms with van der Waals surface area (Å²) in [7, 11) is 2.29. The molecule has 116 valence electrons. The molecule has 1 rings (SSSR count). The Morgan fingerprint density at radius 3 is 2.55 bits per heavy atom. The number of nitrogens with zero attached hydrogens (tertiary/aromatic N) is 2. The van der Waals surface area contributed by atoms with Gasteiger partial charge in [-0.3, -0.25) is 0 Å². The maximum atomic E-state index is 12.4. The van der Waals surface area contributed by atoms with Gasteiger partial charge in [0.25, 0.3) is 10.0 Å². The van der Waals surface area contributed by atoms with E-state index >= 15 is 0 Å². The third-order valence-electron chi connectivity index (χ3n) is 2.95. The van der Waals surface area contributed by atoms with Gasteiger partial charge in [0.1, 0.15) is 4.21 Å². The van der Waals surface area contributed by atoms with Gasteiger partial charge in [-0.2, -0.15) is 0 Å². The van der Waals surface area contributed by atoms with Crippen molar-refractivity contribution in [3.8, 4) is 0 Å². The number of thiophene rings is 1. The molecule has 0 unspecified atom stereocenters. The summed E-state index contributed by atoms with van der Waals surface area (Å²) in [5.41, 5.74) is 1.03. The van der Waals surface area contributed by atoms with Crippen LogP contribution in [-0.2, 0) is 16.6 Å². The minimum Gasteiger partial charge on any atom is -0.313 e. The van der Waals surface area contributed by atoms with Gasteiger partial charge in [-0.25, -0.2) is 12.7 Å². The molecule has 1 aromatic rings. The number of nitrogens with one attached hydrogen (secondary N) is 1. The third-order valence-corrected chi connectivity index (χ3v) is 6.27. The number of rotatable bonds is 9. The molecule has 0 saturated carbocycles. The van der Waals surface area contributed by atoms with Crippen molar-refractivity contribution in [3.63, 3.8) is 0 Å². The maximum Gasteiger partial charge on any atom is 0.252 e. The molecule has 1 heterocycles. The van der Waals surface area contributed by atoms with Gasteiger partial charge < -0.3 is 10.2 Å². The monoisotopic (exact) mass is 319 g/mol. The Kier molecular flexibility index (Phi) is 7.11. The number of sulfonamides is 1. The molecule has 1 aromatic heterocycles. The van der Waals surface area contributed by atoms with E-state index in [2.05, 4.69) is 10.2 Å². The largest absolute Gasteiger partial charge is 0.313 e. The van der Waals surface area contributed by atoms with E-state index in [1.165, 1.54) is 15.6 Å². The third kappa shape index (κ3) is 5.14. The molecule has 20 heavy (non-hydrogen) atoms. The second-order valence-electron chi connectivity index (χ2n) is 5.04. The SMILES string of the molecule is CCNCc1csc(S(=O)(=O)N(C)CCCN(C)C)c1. The van der Waals surface area contributed by atoms with Crippen molar-refractivity contribution in [2.75, 3.05) is 40.8 Å². The summed E-state index contributed by atoms with van der Waals surface area (Å²) in [5.74, 6) is 0. The van der Waals surface area contributed by atoms with Crippen LogP contribution in [0.3, 0.4) is 0 Å². The fraction of sp³-hybridized carbons (Fsp3) is 0.692. The van der Waals surface area contributed by atoms with Gasteiger partial charge in [-0.05, 0) is 50.6 Å². The van der Waals surface area contributed by atoms with Gasteiger partial charge in [0.2, 0.25) is 0 Å². The molecule has 7 heteroatoms. The first-order valence-corrected chi connectivity index (χ1v) is 9.09. The minimum atomic E-state index is -3.34. The normalized spacial score (nSPS) is 12.5. The van der Waals surface area contributed by atoms with Gasteiger partial charge in [-0.1, -0.05) is 6.92 Å². The van der Waals surface area contributed by atoms with Gasteiger partial charge in [-0.15, -0.1) is 11.3 Å². The summed E-state index contributed by atoms with van der Waals surface area (Å²) in [6.45, 7) is 5.05. The molecule has 0 saturated heterocycles. The van der Waals surface area contributed by atoms with Crippen LogP contribution >= 0.6 is 11.3 Å². The van der Waals surface area contributed by atoms with Crippen LogP contribution in [0.5, 0.6) is 0 Å². The molecule has 1 N–H and O–H groups in total. The maximum absolute atomic E-state index is 12.4. The zero-order valence-corrected chi connectivity index (χ0v) is 14.4. The van der Waals surface area contributed by atoms with Gasteiger partial charge in [0.05, 0.1) is 0 Å². The van der Waals surface area contributed by atoms with Crippen molar-refractivity contribution in [1.82, 2.24) is 14.5 Å². The number of hydrogen-bond donors (Lipinski definition) is 1. The molecule has 0 fully saturated rings. The van der Waals surface area contributed by atoms with Crippen LogP contribution in [0, 0.1) is 0 Å². The van der Waals surface area contributed by atoms with Crippen LogP contribution in [-0.4, -0.2) is 58.4 Å². The van der Waals surface area contributed by atoms with Crippen molar-refractivity contribution in [2.24, 2.45) is 0 Å². The Morgan fingerprint density at radius 2 is 1.95 bits per heavy atom. The van der Waals surface area contributed by atoms with Crippen LogP contribution in [0.15, 0.2) is 15.7 Å². The van der Waals surface area contributed by atoms with E-state index in [4.69, 9.17) is 0 Å². The lowest BCUT2D eigenvalue weighted by Gasteiger charge is -2.17. The fourth-order valence-corrected chi connectivity index (χ4v) is 4.36. The molecular formula is C13H25N3O2S2. The summed E-state index contributed by atoms with van der Waals surface area (Å²) in [6.07, 6.45) is 0.832. The van der Waals surface area contributed by atoms with E-state index in [0.29, 0.717) is 17.3 Å². The second kappa shape index (κ2) is 8.09. The van der Waals surface area contributed by atoms with Crippen molar-refractivity contribution in [2.45, 2.75) is 24.1 Å². The lowest BCUT2D eigenvalue weighted by molar-refractivity contribution is 0.370. The van der Waals surface area contributed by atoms with Gasteiger partial charge >= 0.3 is 0 Å². The predicted molar refractivity (Wildman–Crippen MR) is 84.7 cm³/mol. The fourth-order valence-electron chi connectivity index (χ4n) is 1.73. The summed E-state index contributed by atoms with van der Waals surface area (Å²) in [6, 6.07) is 1.77. The molecule has 0 aliphatic heterocycles. The Labute approximate surface area is 126 Å². The first-order chi connectivity index (χ1) is 9.37. The molecule has 0 spiro atoms. The summed E-state index contributed by atoms with van der Waals surface area (Å²) < 4.78 is 26.7. The predicted octanol–water partition coefficient (Wildman–Crippen LogP) is 1.43. The first kappa shape index (κ1) is 17.6. The van der Waals surface area contributed by atoms with E-state index in [-0.39, 0.29) is 0 Å². The molecule has 0 aliphatic rings. The highest BCUT2D eigenvalue weighted by atomic mass is 32.2. The summed E-state index contributed by atoms with van der Waals surface area (Å²) >= 11 is 1.29. The minimum absolute atomic E-state index is 0.428. The van der Waals surface area contributed by atoms with Crippen molar-refractivity contribution in [1.29, 1.82) is 0 Å². The van der Waals surface area contributed by atoms with E-state index in [1.54, 1.807) is 13.1 Å². The van der Waals surface area contributed by atoms with Crippen molar-refractivity contribution >= 4 is 21.4 Å². The second-order valence-corrected chi connectivity index (χ2v) is 8.22. The molecule has 0 amide bonds. The molecule has 0 atom stereocenters. The van der Waals surface area contributed by atoms with Gasteiger partial charge in [0, 0.05) is 20.1 Å². The van der Waals surface area contributed by atoms with E-state index < -0.39 is 10.0 Å². The highest BCUT2D eigenvalue weighted by molar-refractivity contribution is 7.91. The quantitative estimate of drug-likeness (QED) is 0.748. The lowest BCUT2D eigenvalue weighted by Crippen LogP contribution is -2.29. The Bertz CT molecular complexity index is 497. The zero-order valence-electron chi connectivity index (χ0n) is 12.7. The average Bonchev–Trinajstić information content (AvgIpc) is 2.85. The van der Waals surface area contributed by atoms with Crippen molar-refractivity contribution in [3.05, 3.63) is 17.0 Å². The summed E-state index contributed by atoms with van der Waals surface area (Å²) in [4.78, 5) is 2.06. The Balaban J connectivity index is 2.64. The average molecular weight is 319 g/mol. The Hall–Kier alpha value is -0.470. The molecule has 5 nitrogen and oxygen atoms in total. The molecule has 0 bridgehead atoms. The van der Waals surface area contributed by atoms with Gasteiger partial charge in [0.15, 0.2) is 0 Å². The highest BCUT2D eigenvalue weighted by Gasteiger charge is 2.22. The van der Waals surface area contributed by atoms with Crippen LogP contribution in [0.25, 0.3) is 0 Å². The van der Waals surface area contributed by atoms with Crippen LogP contribution < -0.4 is 5.32 Å². The van der Waals surface area contributed by atoms with Crippen molar-refractivity contribution < 1.29 is 8.42 Å². The molecule has 0 aromatic carbocycles. The smallest absolute Gasteiger partial charge is 0.252 e.